The van der Waals surface area contributed by atoms with Crippen LogP contribution in [0.3, 0.4) is 0 Å². The molecule has 1 heterocycles. The van der Waals surface area contributed by atoms with Gasteiger partial charge in [-0.05, 0) is 36.6 Å². The first-order valence-electron chi connectivity index (χ1n) is 9.30. The molecule has 0 atom stereocenters. The van der Waals surface area contributed by atoms with E-state index in [1.807, 2.05) is 6.07 Å². The van der Waals surface area contributed by atoms with E-state index in [0.717, 1.165) is 45.3 Å². The standard InChI is InChI=1S/C22H26N2O/c1-23(17-18-9-3-2-4-10-18)22(21(25)24-13-7-8-14-24)15-19-11-5-6-12-20(19)16-22/h2-6,9-12H,7-8,13-17H2,1H3. The van der Waals surface area contributed by atoms with Gasteiger partial charge in [0.05, 0.1) is 0 Å². The minimum Gasteiger partial charge on any atom is -0.341 e. The Bertz CT molecular complexity index is 725. The molecule has 25 heavy (non-hydrogen) atoms. The van der Waals surface area contributed by atoms with Crippen molar-refractivity contribution in [2.24, 2.45) is 0 Å². The van der Waals surface area contributed by atoms with E-state index in [2.05, 4.69) is 65.4 Å². The zero-order valence-corrected chi connectivity index (χ0v) is 14.9. The number of likely N-dealkylation sites (N-methyl/N-ethyl adjacent to an activating group) is 1. The van der Waals surface area contributed by atoms with Crippen LogP contribution in [0.4, 0.5) is 0 Å². The number of nitrogens with zero attached hydrogens (tertiary/aromatic N) is 2. The Morgan fingerprint density at radius 2 is 1.52 bits per heavy atom. The molecule has 2 aliphatic rings. The Morgan fingerprint density at radius 3 is 2.12 bits per heavy atom. The van der Waals surface area contributed by atoms with E-state index in [4.69, 9.17) is 0 Å². The first kappa shape index (κ1) is 16.3. The van der Waals surface area contributed by atoms with E-state index < -0.39 is 5.54 Å². The van der Waals surface area contributed by atoms with Crippen molar-refractivity contribution in [2.75, 3.05) is 20.1 Å². The Hall–Kier alpha value is -2.13. The van der Waals surface area contributed by atoms with Gasteiger partial charge in [-0.1, -0.05) is 54.6 Å². The zero-order chi connectivity index (χ0) is 17.3. The number of hydrogen-bond acceptors (Lipinski definition) is 2. The molecule has 0 bridgehead atoms. The molecule has 2 aromatic carbocycles. The molecule has 1 saturated heterocycles. The third kappa shape index (κ3) is 2.98. The largest absolute Gasteiger partial charge is 0.341 e. The van der Waals surface area contributed by atoms with Crippen molar-refractivity contribution in [3.63, 3.8) is 0 Å². The Kier molecular flexibility index (Phi) is 4.34. The van der Waals surface area contributed by atoms with E-state index >= 15 is 0 Å². The summed E-state index contributed by atoms with van der Waals surface area (Å²) in [5, 5.41) is 0. The summed E-state index contributed by atoms with van der Waals surface area (Å²) < 4.78 is 0. The lowest BCUT2D eigenvalue weighted by Crippen LogP contribution is -2.58. The summed E-state index contributed by atoms with van der Waals surface area (Å²) >= 11 is 0. The summed E-state index contributed by atoms with van der Waals surface area (Å²) in [4.78, 5) is 17.9. The number of fused-ring (bicyclic) bond motifs is 1. The van der Waals surface area contributed by atoms with Gasteiger partial charge < -0.3 is 4.90 Å². The quantitative estimate of drug-likeness (QED) is 0.857. The number of rotatable bonds is 4. The summed E-state index contributed by atoms with van der Waals surface area (Å²) in [6.07, 6.45) is 3.91. The average Bonchev–Trinajstić information content (AvgIpc) is 3.30. The van der Waals surface area contributed by atoms with Gasteiger partial charge in [0.25, 0.3) is 0 Å². The molecule has 2 aromatic rings. The lowest BCUT2D eigenvalue weighted by molar-refractivity contribution is -0.142. The molecular weight excluding hydrogens is 308 g/mol. The zero-order valence-electron chi connectivity index (χ0n) is 14.9. The molecule has 3 heteroatoms. The van der Waals surface area contributed by atoms with Crippen LogP contribution in [0.1, 0.15) is 29.5 Å². The summed E-state index contributed by atoms with van der Waals surface area (Å²) in [6.45, 7) is 2.63. The summed E-state index contributed by atoms with van der Waals surface area (Å²) in [5.74, 6) is 0.319. The minimum absolute atomic E-state index is 0.319. The van der Waals surface area contributed by atoms with E-state index in [1.165, 1.54) is 16.7 Å². The van der Waals surface area contributed by atoms with Crippen molar-refractivity contribution < 1.29 is 4.79 Å². The topological polar surface area (TPSA) is 23.6 Å². The van der Waals surface area contributed by atoms with Gasteiger partial charge in [-0.15, -0.1) is 0 Å². The predicted molar refractivity (Wildman–Crippen MR) is 100 cm³/mol. The fourth-order valence-electron chi connectivity index (χ4n) is 4.40. The summed E-state index contributed by atoms with van der Waals surface area (Å²) in [5.41, 5.74) is 3.48. The fraction of sp³-hybridized carbons (Fsp3) is 0.409. The molecule has 0 N–H and O–H groups in total. The first-order valence-corrected chi connectivity index (χ1v) is 9.30. The second kappa shape index (κ2) is 6.64. The molecule has 130 valence electrons. The van der Waals surface area contributed by atoms with Gasteiger partial charge in [-0.25, -0.2) is 0 Å². The van der Waals surface area contributed by atoms with Crippen molar-refractivity contribution in [3.05, 3.63) is 71.3 Å². The van der Waals surface area contributed by atoms with Gasteiger partial charge in [0.1, 0.15) is 5.54 Å². The first-order chi connectivity index (χ1) is 12.2. The molecule has 0 spiro atoms. The second-order valence-electron chi connectivity index (χ2n) is 7.49. The van der Waals surface area contributed by atoms with Gasteiger partial charge in [0, 0.05) is 32.5 Å². The van der Waals surface area contributed by atoms with Gasteiger partial charge in [0.2, 0.25) is 5.91 Å². The van der Waals surface area contributed by atoms with Gasteiger partial charge in [-0.2, -0.15) is 0 Å². The molecule has 1 fully saturated rings. The van der Waals surface area contributed by atoms with Gasteiger partial charge in [0.15, 0.2) is 0 Å². The highest BCUT2D eigenvalue weighted by Gasteiger charge is 2.49. The number of carbonyl (C=O) groups excluding carboxylic acids is 1. The molecule has 1 amide bonds. The third-order valence-electron chi connectivity index (χ3n) is 5.87. The highest BCUT2D eigenvalue weighted by atomic mass is 16.2. The molecule has 0 radical (unpaired) electrons. The van der Waals surface area contributed by atoms with Crippen molar-refractivity contribution >= 4 is 5.91 Å². The number of likely N-dealkylation sites (tertiary alicyclic amines) is 1. The van der Waals surface area contributed by atoms with E-state index in [0.29, 0.717) is 5.91 Å². The summed E-state index contributed by atoms with van der Waals surface area (Å²) in [6, 6.07) is 19.0. The monoisotopic (exact) mass is 334 g/mol. The number of amides is 1. The van der Waals surface area contributed by atoms with Crippen LogP contribution in [-0.4, -0.2) is 41.4 Å². The van der Waals surface area contributed by atoms with E-state index in [1.54, 1.807) is 0 Å². The average molecular weight is 334 g/mol. The highest BCUT2D eigenvalue weighted by Crippen LogP contribution is 2.37. The van der Waals surface area contributed by atoms with Gasteiger partial charge in [-0.3, -0.25) is 9.69 Å². The van der Waals surface area contributed by atoms with Crippen LogP contribution in [0, 0.1) is 0 Å². The van der Waals surface area contributed by atoms with Crippen molar-refractivity contribution in [1.29, 1.82) is 0 Å². The fourth-order valence-corrected chi connectivity index (χ4v) is 4.40. The van der Waals surface area contributed by atoms with Crippen LogP contribution in [-0.2, 0) is 24.2 Å². The molecule has 4 rings (SSSR count). The molecular formula is C22H26N2O. The van der Waals surface area contributed by atoms with Crippen molar-refractivity contribution in [3.8, 4) is 0 Å². The molecule has 0 aromatic heterocycles. The minimum atomic E-state index is -0.441. The Balaban J connectivity index is 1.66. The second-order valence-corrected chi connectivity index (χ2v) is 7.49. The third-order valence-corrected chi connectivity index (χ3v) is 5.87. The molecule has 1 aliphatic heterocycles. The molecule has 0 unspecified atom stereocenters. The maximum absolute atomic E-state index is 13.6. The number of hydrogen-bond donors (Lipinski definition) is 0. The van der Waals surface area contributed by atoms with Crippen LogP contribution in [0.2, 0.25) is 0 Å². The lowest BCUT2D eigenvalue weighted by Gasteiger charge is -2.40. The number of benzene rings is 2. The van der Waals surface area contributed by atoms with Gasteiger partial charge >= 0.3 is 0 Å². The van der Waals surface area contributed by atoms with Crippen LogP contribution >= 0.6 is 0 Å². The Labute approximate surface area is 150 Å². The molecule has 0 saturated carbocycles. The molecule has 3 nitrogen and oxygen atoms in total. The smallest absolute Gasteiger partial charge is 0.243 e. The maximum atomic E-state index is 13.6. The normalized spacial score (nSPS) is 18.6. The van der Waals surface area contributed by atoms with Crippen LogP contribution in [0.15, 0.2) is 54.6 Å². The van der Waals surface area contributed by atoms with Crippen molar-refractivity contribution in [1.82, 2.24) is 9.80 Å². The Morgan fingerprint density at radius 1 is 0.960 bits per heavy atom. The highest BCUT2D eigenvalue weighted by molar-refractivity contribution is 5.88. The number of carbonyl (C=O) groups is 1. The maximum Gasteiger partial charge on any atom is 0.243 e. The summed E-state index contributed by atoms with van der Waals surface area (Å²) in [7, 11) is 2.12. The SMILES string of the molecule is CN(Cc1ccccc1)C1(C(=O)N2CCCC2)Cc2ccccc2C1. The van der Waals surface area contributed by atoms with Crippen molar-refractivity contribution in [2.45, 2.75) is 37.8 Å². The van der Waals surface area contributed by atoms with E-state index in [-0.39, 0.29) is 0 Å². The van der Waals surface area contributed by atoms with Crippen LogP contribution in [0.5, 0.6) is 0 Å². The van der Waals surface area contributed by atoms with Crippen LogP contribution < -0.4 is 0 Å². The molecule has 1 aliphatic carbocycles. The van der Waals surface area contributed by atoms with Crippen LogP contribution in [0.25, 0.3) is 0 Å². The van der Waals surface area contributed by atoms with E-state index in [9.17, 15) is 4.79 Å². The lowest BCUT2D eigenvalue weighted by atomic mass is 9.91. The predicted octanol–water partition coefficient (Wildman–Crippen LogP) is 3.28.